The number of carbonyl (C=O) groups is 1. The van der Waals surface area contributed by atoms with E-state index in [1.54, 1.807) is 0 Å². The van der Waals surface area contributed by atoms with Crippen LogP contribution in [0.1, 0.15) is 37.0 Å². The van der Waals surface area contributed by atoms with Crippen LogP contribution in [0.3, 0.4) is 0 Å². The molecule has 1 rings (SSSR count). The zero-order chi connectivity index (χ0) is 15.5. The molecule has 0 aliphatic carbocycles. The maximum Gasteiger partial charge on any atom is 0.253 e. The quantitative estimate of drug-likeness (QED) is 0.864. The van der Waals surface area contributed by atoms with Crippen LogP contribution in [-0.2, 0) is 10.0 Å². The van der Waals surface area contributed by atoms with E-state index in [1.165, 1.54) is 6.07 Å². The molecule has 0 saturated heterocycles. The molecule has 3 N–H and O–H groups in total. The lowest BCUT2D eigenvalue weighted by atomic mass is 10.1. The maximum atomic E-state index is 12.1. The van der Waals surface area contributed by atoms with Gasteiger partial charge in [-0.1, -0.05) is 37.0 Å². The molecule has 112 valence electrons. The minimum Gasteiger partial charge on any atom is -0.349 e. The molecule has 0 spiro atoms. The van der Waals surface area contributed by atoms with Crippen molar-refractivity contribution in [2.24, 2.45) is 5.14 Å². The number of halogens is 2. The number of amides is 1. The molecule has 8 heteroatoms. The van der Waals surface area contributed by atoms with Crippen molar-refractivity contribution in [3.8, 4) is 0 Å². The number of carbonyl (C=O) groups excluding carboxylic acids is 1. The fourth-order valence-electron chi connectivity index (χ4n) is 1.69. The Hall–Kier alpha value is -0.820. The molecule has 1 aromatic carbocycles. The van der Waals surface area contributed by atoms with Gasteiger partial charge in [-0.3, -0.25) is 4.79 Å². The van der Waals surface area contributed by atoms with E-state index < -0.39 is 15.9 Å². The van der Waals surface area contributed by atoms with Crippen molar-refractivity contribution in [1.82, 2.24) is 5.32 Å². The largest absolute Gasteiger partial charge is 0.349 e. The molecule has 1 aromatic rings. The lowest BCUT2D eigenvalue weighted by molar-refractivity contribution is 0.0935. The van der Waals surface area contributed by atoms with Crippen molar-refractivity contribution < 1.29 is 13.2 Å². The van der Waals surface area contributed by atoms with E-state index in [0.29, 0.717) is 0 Å². The fraction of sp³-hybridized carbons (Fsp3) is 0.417. The highest BCUT2D eigenvalue weighted by Crippen LogP contribution is 2.28. The number of sulfonamides is 1. The summed E-state index contributed by atoms with van der Waals surface area (Å²) in [5.74, 6) is -0.476. The summed E-state index contributed by atoms with van der Waals surface area (Å²) >= 11 is 11.8. The second-order valence-corrected chi connectivity index (χ2v) is 6.64. The van der Waals surface area contributed by atoms with E-state index in [-0.39, 0.29) is 26.5 Å². The molecule has 0 heterocycles. The molecule has 0 aliphatic rings. The minimum atomic E-state index is -4.05. The van der Waals surface area contributed by atoms with E-state index >= 15 is 0 Å². The van der Waals surface area contributed by atoms with E-state index in [0.717, 1.165) is 18.9 Å². The molecule has 0 bridgehead atoms. The Balaban J connectivity index is 3.26. The molecule has 0 atom stereocenters. The number of hydrogen-bond donors (Lipinski definition) is 2. The Morgan fingerprint density at radius 1 is 1.30 bits per heavy atom. The standard InChI is InChI=1S/C12H16Cl2N2O3S/c1-3-8(4-2)16-12(17)9-5-7(13)6-10(11(9)14)20(15,18)19/h5-6,8H,3-4H2,1-2H3,(H,16,17)(H2,15,18,19). The zero-order valence-corrected chi connectivity index (χ0v) is 13.4. The number of nitrogens with one attached hydrogen (secondary N) is 1. The van der Waals surface area contributed by atoms with Crippen LogP contribution in [0, 0.1) is 0 Å². The zero-order valence-electron chi connectivity index (χ0n) is 11.1. The first-order chi connectivity index (χ1) is 9.20. The molecule has 0 unspecified atom stereocenters. The van der Waals surface area contributed by atoms with Crippen LogP contribution >= 0.6 is 23.2 Å². The van der Waals surface area contributed by atoms with Gasteiger partial charge < -0.3 is 5.32 Å². The second kappa shape index (κ2) is 6.76. The van der Waals surface area contributed by atoms with Crippen LogP contribution in [0.5, 0.6) is 0 Å². The van der Waals surface area contributed by atoms with Crippen LogP contribution in [0.2, 0.25) is 10.0 Å². The van der Waals surface area contributed by atoms with Gasteiger partial charge in [0, 0.05) is 11.1 Å². The number of nitrogens with two attached hydrogens (primary N) is 1. The molecule has 0 fully saturated rings. The van der Waals surface area contributed by atoms with Crippen molar-refractivity contribution in [3.05, 3.63) is 27.7 Å². The van der Waals surface area contributed by atoms with Gasteiger partial charge in [0.05, 0.1) is 10.6 Å². The summed E-state index contributed by atoms with van der Waals surface area (Å²) in [6, 6.07) is 2.42. The van der Waals surface area contributed by atoms with Gasteiger partial charge in [0.1, 0.15) is 4.90 Å². The molecule has 5 nitrogen and oxygen atoms in total. The summed E-state index contributed by atoms with van der Waals surface area (Å²) in [6.45, 7) is 3.87. The minimum absolute atomic E-state index is 0.00454. The predicted molar refractivity (Wildman–Crippen MR) is 79.7 cm³/mol. The van der Waals surface area contributed by atoms with E-state index in [4.69, 9.17) is 28.3 Å². The van der Waals surface area contributed by atoms with Crippen molar-refractivity contribution in [2.75, 3.05) is 0 Å². The number of rotatable bonds is 5. The van der Waals surface area contributed by atoms with Crippen molar-refractivity contribution in [3.63, 3.8) is 0 Å². The van der Waals surface area contributed by atoms with Crippen LogP contribution in [0.25, 0.3) is 0 Å². The Morgan fingerprint density at radius 2 is 1.85 bits per heavy atom. The van der Waals surface area contributed by atoms with Gasteiger partial charge in [0.15, 0.2) is 0 Å². The predicted octanol–water partition coefficient (Wildman–Crippen LogP) is 2.56. The Labute approximate surface area is 128 Å². The van der Waals surface area contributed by atoms with Crippen LogP contribution in [-0.4, -0.2) is 20.4 Å². The normalized spacial score (nSPS) is 11.7. The van der Waals surface area contributed by atoms with E-state index in [1.807, 2.05) is 13.8 Å². The Bertz CT molecular complexity index is 613. The molecule has 0 saturated carbocycles. The summed E-state index contributed by atoms with van der Waals surface area (Å²) < 4.78 is 22.8. The first kappa shape index (κ1) is 17.2. The molecule has 1 amide bonds. The SMILES string of the molecule is CCC(CC)NC(=O)c1cc(Cl)cc(S(N)(=O)=O)c1Cl. The molecule has 20 heavy (non-hydrogen) atoms. The van der Waals surface area contributed by atoms with Gasteiger partial charge in [-0.25, -0.2) is 13.6 Å². The van der Waals surface area contributed by atoms with Gasteiger partial charge in [-0.05, 0) is 25.0 Å². The fourth-order valence-corrected chi connectivity index (χ4v) is 3.14. The number of benzene rings is 1. The third-order valence-corrected chi connectivity index (χ3v) is 4.55. The van der Waals surface area contributed by atoms with Gasteiger partial charge in [-0.15, -0.1) is 0 Å². The third kappa shape index (κ3) is 4.09. The van der Waals surface area contributed by atoms with Crippen molar-refractivity contribution in [1.29, 1.82) is 0 Å². The van der Waals surface area contributed by atoms with E-state index in [9.17, 15) is 13.2 Å². The first-order valence-electron chi connectivity index (χ1n) is 6.03. The number of primary sulfonamides is 1. The molecule has 0 aromatic heterocycles. The number of hydrogen-bond acceptors (Lipinski definition) is 3. The lowest BCUT2D eigenvalue weighted by Crippen LogP contribution is -2.34. The maximum absolute atomic E-state index is 12.1. The van der Waals surface area contributed by atoms with Crippen molar-refractivity contribution in [2.45, 2.75) is 37.6 Å². The summed E-state index contributed by atoms with van der Waals surface area (Å²) in [5, 5.41) is 7.66. The summed E-state index contributed by atoms with van der Waals surface area (Å²) in [5.41, 5.74) is -0.00454. The topological polar surface area (TPSA) is 89.3 Å². The average Bonchev–Trinajstić information content (AvgIpc) is 2.36. The monoisotopic (exact) mass is 338 g/mol. The molecular weight excluding hydrogens is 323 g/mol. The Kier molecular flexibility index (Phi) is 5.82. The van der Waals surface area contributed by atoms with Crippen LogP contribution in [0.15, 0.2) is 17.0 Å². The third-order valence-electron chi connectivity index (χ3n) is 2.88. The second-order valence-electron chi connectivity index (χ2n) is 4.30. The van der Waals surface area contributed by atoms with Gasteiger partial charge in [-0.2, -0.15) is 0 Å². The molecular formula is C12H16Cl2N2O3S. The van der Waals surface area contributed by atoms with E-state index in [2.05, 4.69) is 5.32 Å². The van der Waals surface area contributed by atoms with Gasteiger partial charge >= 0.3 is 0 Å². The highest BCUT2D eigenvalue weighted by molar-refractivity contribution is 7.89. The van der Waals surface area contributed by atoms with Crippen LogP contribution in [0.4, 0.5) is 0 Å². The summed E-state index contributed by atoms with van der Waals surface area (Å²) in [7, 11) is -4.05. The van der Waals surface area contributed by atoms with Gasteiger partial charge in [0.2, 0.25) is 10.0 Å². The van der Waals surface area contributed by atoms with Gasteiger partial charge in [0.25, 0.3) is 5.91 Å². The smallest absolute Gasteiger partial charge is 0.253 e. The summed E-state index contributed by atoms with van der Waals surface area (Å²) in [6.07, 6.45) is 1.50. The first-order valence-corrected chi connectivity index (χ1v) is 8.33. The van der Waals surface area contributed by atoms with Crippen molar-refractivity contribution >= 4 is 39.1 Å². The Morgan fingerprint density at radius 3 is 2.30 bits per heavy atom. The molecule has 0 aliphatic heterocycles. The highest BCUT2D eigenvalue weighted by atomic mass is 35.5. The molecule has 0 radical (unpaired) electrons. The van der Waals surface area contributed by atoms with Crippen LogP contribution < -0.4 is 10.5 Å². The summed E-state index contributed by atoms with van der Waals surface area (Å²) in [4.78, 5) is 11.8. The highest BCUT2D eigenvalue weighted by Gasteiger charge is 2.22. The lowest BCUT2D eigenvalue weighted by Gasteiger charge is -2.16. The average molecular weight is 339 g/mol.